The zero-order valence-corrected chi connectivity index (χ0v) is 41.0. The fourth-order valence-corrected chi connectivity index (χ4v) is 9.89. The number of β-amino-alcohol motifs (C(OH)–C–C–N with tert-alkyl or cyclic N) is 1. The van der Waals surface area contributed by atoms with Gasteiger partial charge in [0.05, 0.1) is 22.2 Å². The molecule has 7 rings (SSSR count). The van der Waals surface area contributed by atoms with Crippen LogP contribution >= 0.6 is 22.9 Å². The van der Waals surface area contributed by atoms with E-state index in [1.807, 2.05) is 81.7 Å². The molecule has 358 valence electrons. The van der Waals surface area contributed by atoms with Gasteiger partial charge < -0.3 is 30.3 Å². The number of ether oxygens (including phenoxy) is 1. The Bertz CT molecular complexity index is 2500. The molecule has 1 unspecified atom stereocenters. The average molecular weight is 960 g/mol. The highest BCUT2D eigenvalue weighted by Gasteiger charge is 2.44. The molecule has 14 heteroatoms. The number of nitrogens with one attached hydrogen (secondary N) is 2. The summed E-state index contributed by atoms with van der Waals surface area (Å²) in [7, 11) is 0. The number of allylic oxidation sites excluding steroid dienone is 1. The van der Waals surface area contributed by atoms with Crippen molar-refractivity contribution in [2.45, 2.75) is 78.1 Å². The lowest BCUT2D eigenvalue weighted by molar-refractivity contribution is -0.144. The van der Waals surface area contributed by atoms with Gasteiger partial charge in [0.25, 0.3) is 0 Å². The van der Waals surface area contributed by atoms with Gasteiger partial charge in [0.2, 0.25) is 23.6 Å². The number of nitrogens with zero attached hydrogens (tertiary/aromatic N) is 4. The number of aromatic nitrogens is 1. The number of hydrogen-bond donors (Lipinski definition) is 3. The molecule has 2 aliphatic rings. The Kier molecular flexibility index (Phi) is 17.2. The van der Waals surface area contributed by atoms with Crippen LogP contribution in [0.4, 0.5) is 0 Å². The molecule has 2 aliphatic heterocycles. The van der Waals surface area contributed by atoms with Crippen LogP contribution in [0.1, 0.15) is 74.4 Å². The number of aliphatic hydroxyl groups excluding tert-OH is 1. The predicted octanol–water partition coefficient (Wildman–Crippen LogP) is 7.82. The van der Waals surface area contributed by atoms with E-state index in [0.717, 1.165) is 56.1 Å². The Morgan fingerprint density at radius 3 is 2.10 bits per heavy atom. The molecular formula is C54H63ClN6O6S. The van der Waals surface area contributed by atoms with Crippen molar-refractivity contribution in [1.29, 1.82) is 0 Å². The minimum absolute atomic E-state index is 0.00808. The van der Waals surface area contributed by atoms with E-state index in [-0.39, 0.29) is 44.2 Å². The van der Waals surface area contributed by atoms with Crippen molar-refractivity contribution < 1.29 is 29.0 Å². The fourth-order valence-electron chi connectivity index (χ4n) is 8.89. The Hall–Kier alpha value is -5.86. The molecule has 0 spiro atoms. The van der Waals surface area contributed by atoms with Crippen molar-refractivity contribution in [3.05, 3.63) is 143 Å². The summed E-state index contributed by atoms with van der Waals surface area (Å²) < 4.78 is 6.19. The van der Waals surface area contributed by atoms with Crippen LogP contribution in [0.15, 0.2) is 115 Å². The highest BCUT2D eigenvalue weighted by atomic mass is 35.5. The summed E-state index contributed by atoms with van der Waals surface area (Å²) in [6.07, 6.45) is -0.132. The van der Waals surface area contributed by atoms with Crippen molar-refractivity contribution in [3.8, 4) is 16.2 Å². The van der Waals surface area contributed by atoms with E-state index in [9.17, 15) is 24.3 Å². The zero-order valence-electron chi connectivity index (χ0n) is 39.5. The van der Waals surface area contributed by atoms with E-state index in [2.05, 4.69) is 81.2 Å². The molecule has 0 bridgehead atoms. The van der Waals surface area contributed by atoms with E-state index >= 15 is 0 Å². The summed E-state index contributed by atoms with van der Waals surface area (Å²) in [4.78, 5) is 65.1. The number of benzene rings is 4. The van der Waals surface area contributed by atoms with Gasteiger partial charge in [-0.2, -0.15) is 0 Å². The molecule has 4 aromatic carbocycles. The summed E-state index contributed by atoms with van der Waals surface area (Å²) in [5.41, 5.74) is 9.70. The maximum Gasteiger partial charge on any atom is 0.246 e. The molecule has 1 aromatic heterocycles. The zero-order chi connectivity index (χ0) is 48.2. The van der Waals surface area contributed by atoms with Crippen LogP contribution in [-0.2, 0) is 25.7 Å². The number of hydrogen-bond acceptors (Lipinski definition) is 9. The highest BCUT2D eigenvalue weighted by molar-refractivity contribution is 7.13. The van der Waals surface area contributed by atoms with Crippen LogP contribution in [0.25, 0.3) is 21.6 Å². The summed E-state index contributed by atoms with van der Waals surface area (Å²) >= 11 is 7.91. The number of aliphatic hydroxyl groups is 1. The smallest absolute Gasteiger partial charge is 0.246 e. The molecule has 68 heavy (non-hydrogen) atoms. The van der Waals surface area contributed by atoms with Crippen LogP contribution < -0.4 is 15.4 Å². The lowest BCUT2D eigenvalue weighted by atomic mass is 9.85. The highest BCUT2D eigenvalue weighted by Crippen LogP contribution is 2.36. The van der Waals surface area contributed by atoms with Crippen molar-refractivity contribution in [1.82, 2.24) is 30.3 Å². The third kappa shape index (κ3) is 13.0. The van der Waals surface area contributed by atoms with Gasteiger partial charge >= 0.3 is 0 Å². The van der Waals surface area contributed by atoms with Crippen molar-refractivity contribution in [2.24, 2.45) is 5.41 Å². The number of aryl methyl sites for hydroxylation is 1. The summed E-state index contributed by atoms with van der Waals surface area (Å²) in [6.45, 7) is 11.4. The molecule has 0 aliphatic carbocycles. The van der Waals surface area contributed by atoms with Crippen LogP contribution in [0.2, 0.25) is 0 Å². The standard InChI is InChI=1S/C54H63ClN6O6S/c1-37-50(68-36-57-37)42-17-15-38(16-18-42)34-56-52(65)46-33-43(62)35-61(46)53(66)51(54(2,3)4)58-47(63)23-24-48(64)60-29-27-59(28-30-60)31-32-67-44-21-19-41(20-22-44)49(40-13-9-6-10-14-40)45(25-26-55)39-11-7-5-8-12-39/h5-22,36,43,46,51,62H,23-35H2,1-4H3,(H,56,65)(H,58,63)/b49-45-/t43-,46+,51?/m1/s1. The largest absolute Gasteiger partial charge is 0.492 e. The minimum atomic E-state index is -0.977. The van der Waals surface area contributed by atoms with Gasteiger partial charge in [0.1, 0.15) is 24.4 Å². The molecule has 12 nitrogen and oxygen atoms in total. The van der Waals surface area contributed by atoms with E-state index in [1.54, 1.807) is 16.2 Å². The predicted molar refractivity (Wildman–Crippen MR) is 270 cm³/mol. The second-order valence-corrected chi connectivity index (χ2v) is 19.8. The van der Waals surface area contributed by atoms with Crippen LogP contribution in [0.3, 0.4) is 0 Å². The number of alkyl halides is 1. The van der Waals surface area contributed by atoms with Crippen molar-refractivity contribution >= 4 is 57.7 Å². The molecule has 2 saturated heterocycles. The van der Waals surface area contributed by atoms with E-state index in [4.69, 9.17) is 16.3 Å². The molecule has 5 aromatic rings. The van der Waals surface area contributed by atoms with Gasteiger partial charge in [-0.3, -0.25) is 24.1 Å². The fraction of sp³-hybridized carbons (Fsp3) is 0.389. The number of piperazine rings is 1. The topological polar surface area (TPSA) is 144 Å². The van der Waals surface area contributed by atoms with Crippen LogP contribution in [0, 0.1) is 12.3 Å². The van der Waals surface area contributed by atoms with E-state index in [1.165, 1.54) is 10.5 Å². The van der Waals surface area contributed by atoms with Crippen molar-refractivity contribution in [3.63, 3.8) is 0 Å². The molecular weight excluding hydrogens is 896 g/mol. The minimum Gasteiger partial charge on any atom is -0.492 e. The Morgan fingerprint density at radius 1 is 0.838 bits per heavy atom. The second-order valence-electron chi connectivity index (χ2n) is 18.6. The van der Waals surface area contributed by atoms with Crippen LogP contribution in [-0.4, -0.2) is 118 Å². The second kappa shape index (κ2) is 23.4. The molecule has 2 fully saturated rings. The third-order valence-corrected chi connectivity index (χ3v) is 13.8. The van der Waals surface area contributed by atoms with Gasteiger partial charge in [-0.15, -0.1) is 22.9 Å². The Morgan fingerprint density at radius 2 is 1.49 bits per heavy atom. The SMILES string of the molecule is Cc1ncsc1-c1ccc(CNC(=O)[C@@H]2C[C@@H](O)CN2C(=O)C(NC(=O)CCC(=O)N2CCN(CCOc3ccc(/C(=C(/CCCl)c4ccccc4)c4ccccc4)cc3)CC2)C(C)(C)C)cc1. The average Bonchev–Trinajstić information content (AvgIpc) is 3.97. The normalized spacial score (nSPS) is 17.3. The van der Waals surface area contributed by atoms with E-state index < -0.39 is 35.4 Å². The maximum atomic E-state index is 14.1. The first kappa shape index (κ1) is 50.0. The monoisotopic (exact) mass is 958 g/mol. The lowest BCUT2D eigenvalue weighted by Gasteiger charge is -2.36. The Balaban J connectivity index is 0.854. The number of halogens is 1. The van der Waals surface area contributed by atoms with Gasteiger partial charge in [-0.05, 0) is 69.9 Å². The lowest BCUT2D eigenvalue weighted by Crippen LogP contribution is -2.57. The number of thiazole rings is 1. The molecule has 3 N–H and O–H groups in total. The number of rotatable bonds is 18. The number of likely N-dealkylation sites (tertiary alicyclic amines) is 1. The van der Waals surface area contributed by atoms with Crippen molar-refractivity contribution in [2.75, 3.05) is 51.8 Å². The van der Waals surface area contributed by atoms with Crippen LogP contribution in [0.5, 0.6) is 5.75 Å². The molecule has 4 amide bonds. The summed E-state index contributed by atoms with van der Waals surface area (Å²) in [5, 5.41) is 16.4. The molecule has 3 heterocycles. The Labute approximate surface area is 409 Å². The van der Waals surface area contributed by atoms with Gasteiger partial charge in [0.15, 0.2) is 0 Å². The third-order valence-electron chi connectivity index (χ3n) is 12.7. The first-order valence-electron chi connectivity index (χ1n) is 23.5. The number of carbonyl (C=O) groups excluding carboxylic acids is 4. The van der Waals surface area contributed by atoms with Gasteiger partial charge in [-0.25, -0.2) is 4.98 Å². The van der Waals surface area contributed by atoms with E-state index in [0.29, 0.717) is 45.2 Å². The maximum absolute atomic E-state index is 14.1. The summed E-state index contributed by atoms with van der Waals surface area (Å²) in [5.74, 6) is -0.0710. The molecule has 0 radical (unpaired) electrons. The molecule has 3 atom stereocenters. The molecule has 0 saturated carbocycles. The first-order chi connectivity index (χ1) is 32.8. The number of amides is 4. The quantitative estimate of drug-likeness (QED) is 0.0596. The first-order valence-corrected chi connectivity index (χ1v) is 24.9. The number of carbonyl (C=O) groups is 4. The van der Waals surface area contributed by atoms with Gasteiger partial charge in [-0.1, -0.05) is 118 Å². The summed E-state index contributed by atoms with van der Waals surface area (Å²) in [6, 6.07) is 35.0. The van der Waals surface area contributed by atoms with Gasteiger partial charge in [0, 0.05) is 71.0 Å².